The molecule has 5 nitrogen and oxygen atoms in total. The molecule has 3 rings (SSSR count). The molecular formula is C20H25NO4. The summed E-state index contributed by atoms with van der Waals surface area (Å²) < 4.78 is 22.5. The maximum absolute atomic E-state index is 6.05. The van der Waals surface area contributed by atoms with Crippen LogP contribution >= 0.6 is 0 Å². The molecule has 2 aromatic carbocycles. The molecule has 0 bridgehead atoms. The Morgan fingerprint density at radius 3 is 2.48 bits per heavy atom. The average molecular weight is 343 g/mol. The number of ether oxygens (including phenoxy) is 4. The lowest BCUT2D eigenvalue weighted by Crippen LogP contribution is -2.30. The molecule has 1 atom stereocenters. The van der Waals surface area contributed by atoms with Crippen molar-refractivity contribution in [3.63, 3.8) is 0 Å². The van der Waals surface area contributed by atoms with E-state index in [4.69, 9.17) is 18.9 Å². The Labute approximate surface area is 149 Å². The van der Waals surface area contributed by atoms with Crippen LogP contribution in [0.15, 0.2) is 36.4 Å². The van der Waals surface area contributed by atoms with Gasteiger partial charge in [0, 0.05) is 30.8 Å². The van der Waals surface area contributed by atoms with E-state index < -0.39 is 0 Å². The summed E-state index contributed by atoms with van der Waals surface area (Å²) in [4.78, 5) is 2.36. The van der Waals surface area contributed by atoms with Crippen LogP contribution in [0.25, 0.3) is 0 Å². The zero-order chi connectivity index (χ0) is 17.8. The Bertz CT molecular complexity index is 732. The molecule has 25 heavy (non-hydrogen) atoms. The summed E-state index contributed by atoms with van der Waals surface area (Å²) in [6, 6.07) is 12.2. The van der Waals surface area contributed by atoms with E-state index in [1.807, 2.05) is 30.3 Å². The minimum absolute atomic E-state index is 0.120. The molecule has 134 valence electrons. The Morgan fingerprint density at radius 1 is 1.00 bits per heavy atom. The van der Waals surface area contributed by atoms with E-state index in [0.29, 0.717) is 17.2 Å². The number of hydrogen-bond donors (Lipinski definition) is 0. The van der Waals surface area contributed by atoms with Crippen molar-refractivity contribution < 1.29 is 18.9 Å². The van der Waals surface area contributed by atoms with Crippen LogP contribution in [-0.2, 0) is 13.1 Å². The highest BCUT2D eigenvalue weighted by Crippen LogP contribution is 2.40. The monoisotopic (exact) mass is 343 g/mol. The standard InChI is InChI=1S/C20H25NO4/c1-14-11-21(12-15-7-5-6-8-17(15)25-14)13-16-9-10-18(22-2)20(24-4)19(16)23-3/h5-10,14H,11-13H2,1-4H3. The molecule has 0 saturated heterocycles. The Morgan fingerprint density at radius 2 is 1.76 bits per heavy atom. The van der Waals surface area contributed by atoms with Crippen LogP contribution in [0.1, 0.15) is 18.1 Å². The highest BCUT2D eigenvalue weighted by Gasteiger charge is 2.23. The molecule has 0 saturated carbocycles. The van der Waals surface area contributed by atoms with Crippen LogP contribution in [0.4, 0.5) is 0 Å². The van der Waals surface area contributed by atoms with Crippen molar-refractivity contribution in [2.24, 2.45) is 0 Å². The Kier molecular flexibility index (Phi) is 5.34. The van der Waals surface area contributed by atoms with Crippen LogP contribution in [-0.4, -0.2) is 38.9 Å². The summed E-state index contributed by atoms with van der Waals surface area (Å²) in [5, 5.41) is 0. The zero-order valence-corrected chi connectivity index (χ0v) is 15.2. The third-order valence-corrected chi connectivity index (χ3v) is 4.39. The smallest absolute Gasteiger partial charge is 0.203 e. The van der Waals surface area contributed by atoms with Gasteiger partial charge in [0.2, 0.25) is 5.75 Å². The first-order valence-corrected chi connectivity index (χ1v) is 8.41. The number of hydrogen-bond acceptors (Lipinski definition) is 5. The summed E-state index contributed by atoms with van der Waals surface area (Å²) in [6.07, 6.45) is 0.120. The molecule has 1 heterocycles. The second kappa shape index (κ2) is 7.66. The van der Waals surface area contributed by atoms with Gasteiger partial charge >= 0.3 is 0 Å². The van der Waals surface area contributed by atoms with E-state index >= 15 is 0 Å². The van der Waals surface area contributed by atoms with Gasteiger partial charge in [-0.1, -0.05) is 24.3 Å². The number of fused-ring (bicyclic) bond motifs is 1. The van der Waals surface area contributed by atoms with Gasteiger partial charge in [-0.25, -0.2) is 0 Å². The average Bonchev–Trinajstić information content (AvgIpc) is 2.78. The van der Waals surface area contributed by atoms with E-state index in [0.717, 1.165) is 30.9 Å². The van der Waals surface area contributed by atoms with E-state index in [1.165, 1.54) is 5.56 Å². The summed E-state index contributed by atoms with van der Waals surface area (Å²) in [6.45, 7) is 4.51. The van der Waals surface area contributed by atoms with Crippen molar-refractivity contribution >= 4 is 0 Å². The molecule has 1 unspecified atom stereocenters. The summed E-state index contributed by atoms with van der Waals surface area (Å²) in [5.74, 6) is 2.98. The normalized spacial score (nSPS) is 17.2. The molecule has 1 aliphatic rings. The van der Waals surface area contributed by atoms with Crippen molar-refractivity contribution in [1.82, 2.24) is 4.90 Å². The predicted molar refractivity (Wildman–Crippen MR) is 96.7 cm³/mol. The predicted octanol–water partition coefficient (Wildman–Crippen LogP) is 3.50. The van der Waals surface area contributed by atoms with Gasteiger partial charge in [0.25, 0.3) is 0 Å². The van der Waals surface area contributed by atoms with Crippen LogP contribution in [0.5, 0.6) is 23.0 Å². The van der Waals surface area contributed by atoms with Crippen molar-refractivity contribution in [2.45, 2.75) is 26.1 Å². The first-order valence-electron chi connectivity index (χ1n) is 8.41. The van der Waals surface area contributed by atoms with E-state index in [1.54, 1.807) is 21.3 Å². The number of rotatable bonds is 5. The third kappa shape index (κ3) is 3.66. The first kappa shape index (κ1) is 17.4. The van der Waals surface area contributed by atoms with E-state index in [2.05, 4.69) is 17.9 Å². The molecule has 0 aromatic heterocycles. The molecule has 0 N–H and O–H groups in total. The summed E-state index contributed by atoms with van der Waals surface area (Å²) >= 11 is 0. The highest BCUT2D eigenvalue weighted by molar-refractivity contribution is 5.55. The second-order valence-corrected chi connectivity index (χ2v) is 6.20. The van der Waals surface area contributed by atoms with Gasteiger partial charge in [-0.05, 0) is 19.1 Å². The van der Waals surface area contributed by atoms with Gasteiger partial charge in [-0.2, -0.15) is 0 Å². The van der Waals surface area contributed by atoms with Crippen LogP contribution in [0.3, 0.4) is 0 Å². The molecule has 0 aliphatic carbocycles. The van der Waals surface area contributed by atoms with Gasteiger partial charge in [-0.3, -0.25) is 4.90 Å². The minimum atomic E-state index is 0.120. The third-order valence-electron chi connectivity index (χ3n) is 4.39. The number of methoxy groups -OCH3 is 3. The zero-order valence-electron chi connectivity index (χ0n) is 15.2. The Balaban J connectivity index is 1.89. The second-order valence-electron chi connectivity index (χ2n) is 6.20. The van der Waals surface area contributed by atoms with Crippen molar-refractivity contribution in [3.05, 3.63) is 47.5 Å². The van der Waals surface area contributed by atoms with Crippen LogP contribution < -0.4 is 18.9 Å². The Hall–Kier alpha value is -2.40. The lowest BCUT2D eigenvalue weighted by Gasteiger charge is -2.24. The fraction of sp³-hybridized carbons (Fsp3) is 0.400. The lowest BCUT2D eigenvalue weighted by atomic mass is 10.1. The highest BCUT2D eigenvalue weighted by atomic mass is 16.5. The van der Waals surface area contributed by atoms with E-state index in [-0.39, 0.29) is 6.10 Å². The van der Waals surface area contributed by atoms with Gasteiger partial charge < -0.3 is 18.9 Å². The maximum atomic E-state index is 6.05. The molecule has 0 spiro atoms. The van der Waals surface area contributed by atoms with Crippen molar-refractivity contribution in [2.75, 3.05) is 27.9 Å². The molecular weight excluding hydrogens is 318 g/mol. The quantitative estimate of drug-likeness (QED) is 0.831. The van der Waals surface area contributed by atoms with Crippen molar-refractivity contribution in [3.8, 4) is 23.0 Å². The fourth-order valence-corrected chi connectivity index (χ4v) is 3.32. The number of nitrogens with zero attached hydrogens (tertiary/aromatic N) is 1. The van der Waals surface area contributed by atoms with Crippen LogP contribution in [0, 0.1) is 0 Å². The summed E-state index contributed by atoms with van der Waals surface area (Å²) in [5.41, 5.74) is 2.26. The lowest BCUT2D eigenvalue weighted by molar-refractivity contribution is 0.155. The van der Waals surface area contributed by atoms with Crippen molar-refractivity contribution in [1.29, 1.82) is 0 Å². The van der Waals surface area contributed by atoms with E-state index in [9.17, 15) is 0 Å². The van der Waals surface area contributed by atoms with Crippen LogP contribution in [0.2, 0.25) is 0 Å². The molecule has 0 radical (unpaired) electrons. The van der Waals surface area contributed by atoms with Gasteiger partial charge in [-0.15, -0.1) is 0 Å². The molecule has 0 fully saturated rings. The van der Waals surface area contributed by atoms with Gasteiger partial charge in [0.15, 0.2) is 11.5 Å². The topological polar surface area (TPSA) is 40.2 Å². The minimum Gasteiger partial charge on any atom is -0.493 e. The van der Waals surface area contributed by atoms with Gasteiger partial charge in [0.1, 0.15) is 11.9 Å². The molecule has 2 aromatic rings. The molecule has 0 amide bonds. The molecule has 1 aliphatic heterocycles. The largest absolute Gasteiger partial charge is 0.493 e. The SMILES string of the molecule is COc1ccc(CN2Cc3ccccc3OC(C)C2)c(OC)c1OC. The number of para-hydroxylation sites is 1. The first-order chi connectivity index (χ1) is 12.2. The summed E-state index contributed by atoms with van der Waals surface area (Å²) in [7, 11) is 4.91. The van der Waals surface area contributed by atoms with Gasteiger partial charge in [0.05, 0.1) is 21.3 Å². The molecule has 5 heteroatoms. The number of benzene rings is 2. The fourth-order valence-electron chi connectivity index (χ4n) is 3.32. The maximum Gasteiger partial charge on any atom is 0.203 e.